The van der Waals surface area contributed by atoms with Crippen molar-refractivity contribution in [2.75, 3.05) is 29.5 Å². The minimum Gasteiger partial charge on any atom is -0.382 e. The minimum atomic E-state index is 0.293. The zero-order valence-corrected chi connectivity index (χ0v) is 12.4. The summed E-state index contributed by atoms with van der Waals surface area (Å²) in [5.41, 5.74) is 13.6. The number of nitrogen functional groups attached to an aromatic ring is 1. The van der Waals surface area contributed by atoms with Crippen LogP contribution in [0.15, 0.2) is 30.6 Å². The standard InChI is InChI=1S/C15H21N7/c16-11-6-10(7-11)13-8-14(22-15(17)21-13)20-5-4-19-12-2-1-3-18-9-12/h1-3,8-11,19H,4-7,16H2,(H3,17,20,21,22). The van der Waals surface area contributed by atoms with Crippen LogP contribution in [0.3, 0.4) is 0 Å². The SMILES string of the molecule is Nc1nc(NCCNc2cccnc2)cc(C2CC(N)C2)n1. The van der Waals surface area contributed by atoms with E-state index in [9.17, 15) is 0 Å². The molecule has 0 unspecified atom stereocenters. The first-order chi connectivity index (χ1) is 10.7. The normalized spacial score (nSPS) is 20.2. The highest BCUT2D eigenvalue weighted by Crippen LogP contribution is 2.35. The lowest BCUT2D eigenvalue weighted by Gasteiger charge is -2.32. The van der Waals surface area contributed by atoms with Crippen LogP contribution in [0.5, 0.6) is 0 Å². The molecular weight excluding hydrogens is 278 g/mol. The Hall–Kier alpha value is -2.41. The van der Waals surface area contributed by atoms with Gasteiger partial charge in [0.25, 0.3) is 0 Å². The number of nitrogens with two attached hydrogens (primary N) is 2. The Labute approximate surface area is 129 Å². The Bertz CT molecular complexity index is 611. The van der Waals surface area contributed by atoms with Crippen LogP contribution in [0.1, 0.15) is 24.5 Å². The van der Waals surface area contributed by atoms with E-state index in [4.69, 9.17) is 11.5 Å². The summed E-state index contributed by atoms with van der Waals surface area (Å²) in [4.78, 5) is 12.6. The van der Waals surface area contributed by atoms with Crippen molar-refractivity contribution in [1.29, 1.82) is 0 Å². The third kappa shape index (κ3) is 3.62. The van der Waals surface area contributed by atoms with Crippen molar-refractivity contribution in [3.63, 3.8) is 0 Å². The van der Waals surface area contributed by atoms with Gasteiger partial charge in [0.15, 0.2) is 0 Å². The molecule has 7 nitrogen and oxygen atoms in total. The summed E-state index contributed by atoms with van der Waals surface area (Å²) in [6, 6.07) is 6.14. The molecule has 1 aliphatic carbocycles. The fraction of sp³-hybridized carbons (Fsp3) is 0.400. The van der Waals surface area contributed by atoms with Gasteiger partial charge >= 0.3 is 0 Å². The molecule has 2 aromatic heterocycles. The minimum absolute atomic E-state index is 0.293. The van der Waals surface area contributed by atoms with Gasteiger partial charge in [0, 0.05) is 43.5 Å². The highest BCUT2D eigenvalue weighted by atomic mass is 15.1. The Morgan fingerprint density at radius 1 is 1.18 bits per heavy atom. The quantitative estimate of drug-likeness (QED) is 0.592. The zero-order chi connectivity index (χ0) is 15.4. The Morgan fingerprint density at radius 2 is 2.00 bits per heavy atom. The molecule has 0 radical (unpaired) electrons. The van der Waals surface area contributed by atoms with Crippen LogP contribution in [0, 0.1) is 0 Å². The summed E-state index contributed by atoms with van der Waals surface area (Å²) in [5.74, 6) is 1.48. The topological polar surface area (TPSA) is 115 Å². The maximum Gasteiger partial charge on any atom is 0.222 e. The van der Waals surface area contributed by atoms with E-state index < -0.39 is 0 Å². The summed E-state index contributed by atoms with van der Waals surface area (Å²) in [7, 11) is 0. The van der Waals surface area contributed by atoms with E-state index in [0.717, 1.165) is 43.1 Å². The fourth-order valence-electron chi connectivity index (χ4n) is 2.55. The number of nitrogens with zero attached hydrogens (tertiary/aromatic N) is 3. The molecule has 3 rings (SSSR count). The number of nitrogens with one attached hydrogen (secondary N) is 2. The van der Waals surface area contributed by atoms with Crippen LogP contribution >= 0.6 is 0 Å². The molecule has 2 aromatic rings. The molecule has 0 bridgehead atoms. The van der Waals surface area contributed by atoms with Crippen LogP contribution in [0.25, 0.3) is 0 Å². The van der Waals surface area contributed by atoms with Gasteiger partial charge in [-0.15, -0.1) is 0 Å². The van der Waals surface area contributed by atoms with Gasteiger partial charge in [-0.3, -0.25) is 4.98 Å². The molecule has 1 fully saturated rings. The highest BCUT2D eigenvalue weighted by Gasteiger charge is 2.28. The van der Waals surface area contributed by atoms with Crippen LogP contribution in [0.4, 0.5) is 17.5 Å². The second-order valence-electron chi connectivity index (χ2n) is 5.56. The number of hydrogen-bond donors (Lipinski definition) is 4. The zero-order valence-electron chi connectivity index (χ0n) is 12.4. The maximum absolute atomic E-state index is 5.83. The van der Waals surface area contributed by atoms with E-state index in [1.807, 2.05) is 18.2 Å². The van der Waals surface area contributed by atoms with Crippen LogP contribution in [-0.2, 0) is 0 Å². The average molecular weight is 299 g/mol. The van der Waals surface area contributed by atoms with Crippen molar-refractivity contribution in [1.82, 2.24) is 15.0 Å². The molecular formula is C15H21N7. The molecule has 0 spiro atoms. The fourth-order valence-corrected chi connectivity index (χ4v) is 2.55. The number of hydrogen-bond acceptors (Lipinski definition) is 7. The number of anilines is 3. The molecule has 1 saturated carbocycles. The van der Waals surface area contributed by atoms with Gasteiger partial charge in [-0.25, -0.2) is 4.98 Å². The molecule has 116 valence electrons. The van der Waals surface area contributed by atoms with Crippen molar-refractivity contribution in [2.45, 2.75) is 24.8 Å². The van der Waals surface area contributed by atoms with Crippen molar-refractivity contribution >= 4 is 17.5 Å². The second-order valence-corrected chi connectivity index (χ2v) is 5.56. The third-order valence-corrected chi connectivity index (χ3v) is 3.78. The lowest BCUT2D eigenvalue weighted by atomic mass is 9.78. The molecule has 0 aliphatic heterocycles. The maximum atomic E-state index is 5.83. The molecule has 0 aromatic carbocycles. The summed E-state index contributed by atoms with van der Waals surface area (Å²) in [5, 5.41) is 6.54. The average Bonchev–Trinajstić information content (AvgIpc) is 2.49. The lowest BCUT2D eigenvalue weighted by molar-refractivity contribution is 0.345. The van der Waals surface area contributed by atoms with Crippen molar-refractivity contribution in [2.24, 2.45) is 5.73 Å². The molecule has 0 amide bonds. The smallest absolute Gasteiger partial charge is 0.222 e. The Morgan fingerprint density at radius 3 is 2.73 bits per heavy atom. The Kier molecular flexibility index (Phi) is 4.34. The number of rotatable bonds is 6. The summed E-state index contributed by atoms with van der Waals surface area (Å²) in [6.07, 6.45) is 5.48. The van der Waals surface area contributed by atoms with Gasteiger partial charge in [-0.2, -0.15) is 4.98 Å². The molecule has 0 atom stereocenters. The summed E-state index contributed by atoms with van der Waals surface area (Å²) >= 11 is 0. The van der Waals surface area contributed by atoms with Crippen molar-refractivity contribution < 1.29 is 0 Å². The van der Waals surface area contributed by atoms with Gasteiger partial charge in [0.05, 0.1) is 11.4 Å². The van der Waals surface area contributed by atoms with E-state index in [0.29, 0.717) is 17.9 Å². The van der Waals surface area contributed by atoms with Crippen molar-refractivity contribution in [3.8, 4) is 0 Å². The predicted octanol–water partition coefficient (Wildman–Crippen LogP) is 1.18. The van der Waals surface area contributed by atoms with E-state index in [1.165, 1.54) is 0 Å². The van der Waals surface area contributed by atoms with Gasteiger partial charge in [-0.1, -0.05) is 0 Å². The summed E-state index contributed by atoms with van der Waals surface area (Å²) < 4.78 is 0. The number of pyridine rings is 1. The molecule has 0 saturated heterocycles. The van der Waals surface area contributed by atoms with Gasteiger partial charge < -0.3 is 22.1 Å². The first kappa shape index (κ1) is 14.5. The monoisotopic (exact) mass is 299 g/mol. The number of aromatic nitrogens is 3. The van der Waals surface area contributed by atoms with Crippen LogP contribution in [-0.4, -0.2) is 34.1 Å². The van der Waals surface area contributed by atoms with E-state index >= 15 is 0 Å². The van der Waals surface area contributed by atoms with Crippen LogP contribution < -0.4 is 22.1 Å². The molecule has 2 heterocycles. The van der Waals surface area contributed by atoms with Gasteiger partial charge in [0.1, 0.15) is 5.82 Å². The lowest BCUT2D eigenvalue weighted by Crippen LogP contribution is -2.35. The molecule has 22 heavy (non-hydrogen) atoms. The van der Waals surface area contributed by atoms with E-state index in [-0.39, 0.29) is 0 Å². The summed E-state index contributed by atoms with van der Waals surface area (Å²) in [6.45, 7) is 1.49. The van der Waals surface area contributed by atoms with Gasteiger partial charge in [0.2, 0.25) is 5.95 Å². The highest BCUT2D eigenvalue weighted by molar-refractivity contribution is 5.43. The van der Waals surface area contributed by atoms with Gasteiger partial charge in [-0.05, 0) is 25.0 Å². The van der Waals surface area contributed by atoms with E-state index in [1.54, 1.807) is 12.4 Å². The molecule has 7 heteroatoms. The molecule has 1 aliphatic rings. The predicted molar refractivity (Wildman–Crippen MR) is 87.6 cm³/mol. The third-order valence-electron chi connectivity index (χ3n) is 3.78. The second kappa shape index (κ2) is 6.57. The Balaban J connectivity index is 1.52. The first-order valence-electron chi connectivity index (χ1n) is 7.48. The van der Waals surface area contributed by atoms with Crippen LogP contribution in [0.2, 0.25) is 0 Å². The molecule has 6 N–H and O–H groups in total. The van der Waals surface area contributed by atoms with E-state index in [2.05, 4.69) is 25.6 Å². The largest absolute Gasteiger partial charge is 0.382 e. The first-order valence-corrected chi connectivity index (χ1v) is 7.48. The van der Waals surface area contributed by atoms with Crippen molar-refractivity contribution in [3.05, 3.63) is 36.3 Å².